The summed E-state index contributed by atoms with van der Waals surface area (Å²) in [5.41, 5.74) is 2.34. The van der Waals surface area contributed by atoms with Gasteiger partial charge < -0.3 is 5.32 Å². The Morgan fingerprint density at radius 2 is 2.00 bits per heavy atom. The zero-order valence-corrected chi connectivity index (χ0v) is 10.8. The fraction of sp³-hybridized carbons (Fsp3) is 0.200. The second-order valence-electron chi connectivity index (χ2n) is 4.09. The van der Waals surface area contributed by atoms with E-state index < -0.39 is 0 Å². The van der Waals surface area contributed by atoms with Crippen molar-refractivity contribution in [1.29, 1.82) is 0 Å². The summed E-state index contributed by atoms with van der Waals surface area (Å²) in [4.78, 5) is 1.37. The molecule has 1 atom stereocenters. The van der Waals surface area contributed by atoms with Crippen LogP contribution in [0.15, 0.2) is 54.4 Å². The van der Waals surface area contributed by atoms with E-state index in [0.717, 1.165) is 12.1 Å². The second-order valence-corrected chi connectivity index (χ2v) is 5.07. The van der Waals surface area contributed by atoms with Crippen molar-refractivity contribution in [3.05, 3.63) is 64.9 Å². The number of rotatable bonds is 5. The van der Waals surface area contributed by atoms with Gasteiger partial charge >= 0.3 is 0 Å². The van der Waals surface area contributed by atoms with Gasteiger partial charge in [-0.05, 0) is 29.5 Å². The monoisotopic (exact) mass is 243 g/mol. The van der Waals surface area contributed by atoms with Crippen molar-refractivity contribution >= 4 is 16.9 Å². The molecule has 1 N–H and O–H groups in total. The average molecular weight is 243 g/mol. The Balaban J connectivity index is 1.89. The molecule has 2 aromatic rings. The zero-order valence-electron chi connectivity index (χ0n) is 10.0. The predicted molar refractivity (Wildman–Crippen MR) is 76.2 cm³/mol. The second kappa shape index (κ2) is 5.80. The van der Waals surface area contributed by atoms with Crippen LogP contribution in [0, 0.1) is 0 Å². The van der Waals surface area contributed by atoms with E-state index in [1.54, 1.807) is 11.3 Å². The molecule has 0 saturated heterocycles. The Hall–Kier alpha value is -1.38. The number of thiophene rings is 1. The van der Waals surface area contributed by atoms with Crippen LogP contribution in [0.4, 0.5) is 0 Å². The highest BCUT2D eigenvalue weighted by molar-refractivity contribution is 7.10. The van der Waals surface area contributed by atoms with E-state index in [-0.39, 0.29) is 0 Å². The van der Waals surface area contributed by atoms with E-state index in [2.05, 4.69) is 48.5 Å². The summed E-state index contributed by atoms with van der Waals surface area (Å²) < 4.78 is 0. The first-order chi connectivity index (χ1) is 8.27. The summed E-state index contributed by atoms with van der Waals surface area (Å²) in [5, 5.41) is 5.60. The molecule has 0 amide bonds. The number of hydrogen-bond donors (Lipinski definition) is 1. The number of benzene rings is 1. The Morgan fingerprint density at radius 3 is 2.65 bits per heavy atom. The van der Waals surface area contributed by atoms with Crippen molar-refractivity contribution in [3.8, 4) is 0 Å². The van der Waals surface area contributed by atoms with Crippen LogP contribution in [0.2, 0.25) is 0 Å². The number of hydrogen-bond acceptors (Lipinski definition) is 2. The lowest BCUT2D eigenvalue weighted by Gasteiger charge is -2.13. The van der Waals surface area contributed by atoms with Gasteiger partial charge in [-0.3, -0.25) is 0 Å². The molecular weight excluding hydrogens is 226 g/mol. The molecule has 1 aromatic heterocycles. The summed E-state index contributed by atoms with van der Waals surface area (Å²) in [5.74, 6) is 0. The topological polar surface area (TPSA) is 12.0 Å². The van der Waals surface area contributed by atoms with Gasteiger partial charge in [0.25, 0.3) is 0 Å². The van der Waals surface area contributed by atoms with Gasteiger partial charge in [-0.15, -0.1) is 11.3 Å². The van der Waals surface area contributed by atoms with E-state index in [0.29, 0.717) is 6.04 Å². The lowest BCUT2D eigenvalue weighted by molar-refractivity contribution is 0.633. The van der Waals surface area contributed by atoms with Gasteiger partial charge in [0.2, 0.25) is 0 Å². The Bertz CT molecular complexity index is 459. The first-order valence-electron chi connectivity index (χ1n) is 5.77. The fourth-order valence-corrected chi connectivity index (χ4v) is 2.45. The van der Waals surface area contributed by atoms with E-state index in [1.165, 1.54) is 10.4 Å². The molecule has 2 heteroatoms. The van der Waals surface area contributed by atoms with Gasteiger partial charge in [0.1, 0.15) is 0 Å². The Labute approximate surface area is 107 Å². The first kappa shape index (κ1) is 12.1. The summed E-state index contributed by atoms with van der Waals surface area (Å²) in [6.45, 7) is 7.13. The minimum atomic E-state index is 0.385. The predicted octanol–water partition coefficient (Wildman–Crippen LogP) is 4.11. The van der Waals surface area contributed by atoms with E-state index in [1.807, 2.05) is 18.2 Å². The smallest absolute Gasteiger partial charge is 0.0388 e. The molecule has 1 heterocycles. The fourth-order valence-electron chi connectivity index (χ4n) is 1.69. The van der Waals surface area contributed by atoms with Gasteiger partial charge in [0, 0.05) is 17.5 Å². The standard InChI is InChI=1S/C15H17NS/c1-12(14-7-4-3-5-8-14)11-16-13(2)15-9-6-10-17-15/h3-10,13,16H,1,11H2,2H3/t13-/m0/s1. The lowest BCUT2D eigenvalue weighted by Crippen LogP contribution is -2.19. The molecule has 0 radical (unpaired) electrons. The van der Waals surface area contributed by atoms with Crippen LogP contribution in [0.25, 0.3) is 5.57 Å². The number of nitrogens with one attached hydrogen (secondary N) is 1. The molecule has 0 aliphatic heterocycles. The van der Waals surface area contributed by atoms with Crippen LogP contribution in [0.3, 0.4) is 0 Å². The molecule has 0 fully saturated rings. The van der Waals surface area contributed by atoms with Crippen LogP contribution in [-0.2, 0) is 0 Å². The van der Waals surface area contributed by atoms with Crippen molar-refractivity contribution in [2.75, 3.05) is 6.54 Å². The average Bonchev–Trinajstić information content (AvgIpc) is 2.90. The zero-order chi connectivity index (χ0) is 12.1. The molecule has 0 aliphatic rings. The van der Waals surface area contributed by atoms with Crippen LogP contribution in [0.5, 0.6) is 0 Å². The molecule has 0 unspecified atom stereocenters. The lowest BCUT2D eigenvalue weighted by atomic mass is 10.1. The highest BCUT2D eigenvalue weighted by atomic mass is 32.1. The van der Waals surface area contributed by atoms with E-state index >= 15 is 0 Å². The third-order valence-electron chi connectivity index (χ3n) is 2.77. The molecule has 88 valence electrons. The quantitative estimate of drug-likeness (QED) is 0.833. The van der Waals surface area contributed by atoms with Crippen molar-refractivity contribution < 1.29 is 0 Å². The molecule has 2 rings (SSSR count). The Morgan fingerprint density at radius 1 is 1.24 bits per heavy atom. The first-order valence-corrected chi connectivity index (χ1v) is 6.65. The molecule has 0 bridgehead atoms. The van der Waals surface area contributed by atoms with Crippen molar-refractivity contribution in [1.82, 2.24) is 5.32 Å². The third kappa shape index (κ3) is 3.29. The van der Waals surface area contributed by atoms with Crippen molar-refractivity contribution in [2.45, 2.75) is 13.0 Å². The van der Waals surface area contributed by atoms with E-state index in [9.17, 15) is 0 Å². The van der Waals surface area contributed by atoms with Crippen LogP contribution in [0.1, 0.15) is 23.4 Å². The summed E-state index contributed by atoms with van der Waals surface area (Å²) >= 11 is 1.79. The molecule has 1 nitrogen and oxygen atoms in total. The highest BCUT2D eigenvalue weighted by Crippen LogP contribution is 2.19. The van der Waals surface area contributed by atoms with Crippen molar-refractivity contribution in [2.24, 2.45) is 0 Å². The van der Waals surface area contributed by atoms with Gasteiger partial charge in [0.15, 0.2) is 0 Å². The molecule has 0 aliphatic carbocycles. The molecule has 0 saturated carbocycles. The third-order valence-corrected chi connectivity index (χ3v) is 3.83. The van der Waals surface area contributed by atoms with Gasteiger partial charge in [-0.1, -0.05) is 43.0 Å². The largest absolute Gasteiger partial charge is 0.305 e. The minimum Gasteiger partial charge on any atom is -0.305 e. The van der Waals surface area contributed by atoms with E-state index in [4.69, 9.17) is 0 Å². The molecule has 17 heavy (non-hydrogen) atoms. The van der Waals surface area contributed by atoms with Crippen LogP contribution >= 0.6 is 11.3 Å². The molecule has 1 aromatic carbocycles. The van der Waals surface area contributed by atoms with Gasteiger partial charge in [-0.2, -0.15) is 0 Å². The summed E-state index contributed by atoms with van der Waals surface area (Å²) in [7, 11) is 0. The van der Waals surface area contributed by atoms with Crippen LogP contribution < -0.4 is 5.32 Å². The summed E-state index contributed by atoms with van der Waals surface area (Å²) in [6, 6.07) is 14.9. The molecule has 0 spiro atoms. The Kier molecular flexibility index (Phi) is 4.13. The van der Waals surface area contributed by atoms with Crippen molar-refractivity contribution in [3.63, 3.8) is 0 Å². The van der Waals surface area contributed by atoms with Gasteiger partial charge in [0.05, 0.1) is 0 Å². The van der Waals surface area contributed by atoms with Gasteiger partial charge in [-0.25, -0.2) is 0 Å². The maximum absolute atomic E-state index is 4.12. The highest BCUT2D eigenvalue weighted by Gasteiger charge is 2.06. The minimum absolute atomic E-state index is 0.385. The normalized spacial score (nSPS) is 12.3. The molecular formula is C15H17NS. The maximum atomic E-state index is 4.12. The maximum Gasteiger partial charge on any atom is 0.0388 e. The SMILES string of the molecule is C=C(CN[C@@H](C)c1cccs1)c1ccccc1. The van der Waals surface area contributed by atoms with Crippen LogP contribution in [-0.4, -0.2) is 6.54 Å². The summed E-state index contributed by atoms with van der Waals surface area (Å²) in [6.07, 6.45) is 0.